The molecule has 21 heavy (non-hydrogen) atoms. The fourth-order valence-corrected chi connectivity index (χ4v) is 2.97. The Hall–Kier alpha value is -0.980. The SMILES string of the molecule is O=C(O)C1CCN(C(=O)Nc2ccc(Br)c(Cl)c2Cl)CC1. The molecule has 1 fully saturated rings. The van der Waals surface area contributed by atoms with Gasteiger partial charge in [0.1, 0.15) is 0 Å². The molecule has 8 heteroatoms. The van der Waals surface area contributed by atoms with Crippen LogP contribution in [-0.2, 0) is 4.79 Å². The molecule has 1 heterocycles. The zero-order valence-corrected chi connectivity index (χ0v) is 14.0. The Morgan fingerprint density at radius 1 is 1.24 bits per heavy atom. The third-order valence-electron chi connectivity index (χ3n) is 3.41. The van der Waals surface area contributed by atoms with Crippen molar-refractivity contribution in [2.24, 2.45) is 5.92 Å². The van der Waals surface area contributed by atoms with Gasteiger partial charge in [-0.3, -0.25) is 4.79 Å². The molecule has 0 radical (unpaired) electrons. The van der Waals surface area contributed by atoms with Crippen molar-refractivity contribution in [1.29, 1.82) is 0 Å². The summed E-state index contributed by atoms with van der Waals surface area (Å²) < 4.78 is 0.648. The van der Waals surface area contributed by atoms with Gasteiger partial charge in [0.25, 0.3) is 0 Å². The van der Waals surface area contributed by atoms with Crippen LogP contribution >= 0.6 is 39.1 Å². The van der Waals surface area contributed by atoms with E-state index in [4.69, 9.17) is 28.3 Å². The molecule has 5 nitrogen and oxygen atoms in total. The zero-order chi connectivity index (χ0) is 15.6. The fourth-order valence-electron chi connectivity index (χ4n) is 2.15. The number of piperidine rings is 1. The molecule has 2 N–H and O–H groups in total. The lowest BCUT2D eigenvalue weighted by atomic mass is 9.97. The smallest absolute Gasteiger partial charge is 0.321 e. The third-order valence-corrected chi connectivity index (χ3v) is 5.18. The minimum Gasteiger partial charge on any atom is -0.481 e. The maximum atomic E-state index is 12.1. The van der Waals surface area contributed by atoms with Crippen molar-refractivity contribution in [3.63, 3.8) is 0 Å². The molecule has 0 bridgehead atoms. The van der Waals surface area contributed by atoms with Crippen molar-refractivity contribution in [2.75, 3.05) is 18.4 Å². The number of carbonyl (C=O) groups excluding carboxylic acids is 1. The summed E-state index contributed by atoms with van der Waals surface area (Å²) in [4.78, 5) is 24.6. The highest BCUT2D eigenvalue weighted by molar-refractivity contribution is 9.10. The first-order chi connectivity index (χ1) is 9.90. The van der Waals surface area contributed by atoms with E-state index < -0.39 is 5.97 Å². The summed E-state index contributed by atoms with van der Waals surface area (Å²) in [6.07, 6.45) is 0.912. The second-order valence-electron chi connectivity index (χ2n) is 4.75. The Morgan fingerprint density at radius 3 is 2.43 bits per heavy atom. The van der Waals surface area contributed by atoms with Gasteiger partial charge in [-0.1, -0.05) is 23.2 Å². The Morgan fingerprint density at radius 2 is 1.86 bits per heavy atom. The maximum absolute atomic E-state index is 12.1. The molecule has 1 saturated heterocycles. The topological polar surface area (TPSA) is 69.6 Å². The van der Waals surface area contributed by atoms with E-state index in [0.717, 1.165) is 0 Å². The number of urea groups is 1. The van der Waals surface area contributed by atoms with E-state index in [1.165, 1.54) is 0 Å². The molecular weight excluding hydrogens is 383 g/mol. The Labute approximate surface area is 140 Å². The molecule has 1 aliphatic heterocycles. The van der Waals surface area contributed by atoms with Gasteiger partial charge in [0.05, 0.1) is 21.7 Å². The third kappa shape index (κ3) is 3.81. The van der Waals surface area contributed by atoms with Crippen LogP contribution in [-0.4, -0.2) is 35.1 Å². The van der Waals surface area contributed by atoms with Gasteiger partial charge in [0.2, 0.25) is 0 Å². The van der Waals surface area contributed by atoms with Crippen molar-refractivity contribution in [3.8, 4) is 0 Å². The van der Waals surface area contributed by atoms with Crippen LogP contribution in [0.1, 0.15) is 12.8 Å². The van der Waals surface area contributed by atoms with Crippen LogP contribution in [0.2, 0.25) is 10.0 Å². The molecule has 1 aromatic carbocycles. The molecule has 1 aromatic rings. The monoisotopic (exact) mass is 394 g/mol. The predicted molar refractivity (Wildman–Crippen MR) is 85.1 cm³/mol. The van der Waals surface area contributed by atoms with Gasteiger partial charge >= 0.3 is 12.0 Å². The van der Waals surface area contributed by atoms with Gasteiger partial charge in [-0.05, 0) is 40.9 Å². The molecule has 0 spiro atoms. The van der Waals surface area contributed by atoms with E-state index in [2.05, 4.69) is 21.2 Å². The molecule has 2 amide bonds. The average Bonchev–Trinajstić information content (AvgIpc) is 2.48. The lowest BCUT2D eigenvalue weighted by Gasteiger charge is -2.30. The van der Waals surface area contributed by atoms with Gasteiger partial charge < -0.3 is 15.3 Å². The van der Waals surface area contributed by atoms with Crippen LogP contribution in [0.4, 0.5) is 10.5 Å². The van der Waals surface area contributed by atoms with Crippen LogP contribution in [0.25, 0.3) is 0 Å². The molecule has 0 saturated carbocycles. The number of carboxylic acid groups (broad SMARTS) is 1. The number of carbonyl (C=O) groups is 2. The van der Waals surface area contributed by atoms with Crippen molar-refractivity contribution in [1.82, 2.24) is 4.90 Å². The van der Waals surface area contributed by atoms with Crippen molar-refractivity contribution >= 4 is 56.8 Å². The highest BCUT2D eigenvalue weighted by Gasteiger charge is 2.27. The van der Waals surface area contributed by atoms with Gasteiger partial charge in [-0.15, -0.1) is 0 Å². The molecule has 0 atom stereocenters. The Balaban J connectivity index is 2.00. The molecule has 114 valence electrons. The summed E-state index contributed by atoms with van der Waals surface area (Å²) in [5, 5.41) is 12.2. The lowest BCUT2D eigenvalue weighted by molar-refractivity contribution is -0.143. The molecule has 1 aliphatic rings. The summed E-state index contributed by atoms with van der Waals surface area (Å²) in [6, 6.07) is 3.04. The van der Waals surface area contributed by atoms with Gasteiger partial charge in [-0.2, -0.15) is 0 Å². The number of nitrogens with one attached hydrogen (secondary N) is 1. The van der Waals surface area contributed by atoms with Crippen molar-refractivity contribution in [2.45, 2.75) is 12.8 Å². The highest BCUT2D eigenvalue weighted by atomic mass is 79.9. The van der Waals surface area contributed by atoms with Crippen LogP contribution in [0.5, 0.6) is 0 Å². The average molecular weight is 396 g/mol. The summed E-state index contributed by atoms with van der Waals surface area (Å²) in [5.74, 6) is -1.18. The zero-order valence-electron chi connectivity index (χ0n) is 10.9. The normalized spacial score (nSPS) is 15.9. The van der Waals surface area contributed by atoms with Gasteiger partial charge in [0, 0.05) is 17.6 Å². The first-order valence-electron chi connectivity index (χ1n) is 6.32. The minimum atomic E-state index is -0.808. The number of likely N-dealkylation sites (tertiary alicyclic amines) is 1. The van der Waals surface area contributed by atoms with E-state index in [1.807, 2.05) is 0 Å². The number of amides is 2. The summed E-state index contributed by atoms with van der Waals surface area (Å²) >= 11 is 15.3. The minimum absolute atomic E-state index is 0.264. The predicted octanol–water partition coefficient (Wildman–Crippen LogP) is 4.08. The molecular formula is C13H13BrCl2N2O3. The second kappa shape index (κ2) is 6.85. The van der Waals surface area contributed by atoms with Crippen LogP contribution in [0.3, 0.4) is 0 Å². The molecule has 2 rings (SSSR count). The number of aliphatic carboxylic acids is 1. The van der Waals surface area contributed by atoms with E-state index >= 15 is 0 Å². The standard InChI is InChI=1S/C13H13BrCl2N2O3/c14-8-1-2-9(11(16)10(8)15)17-13(21)18-5-3-7(4-6-18)12(19)20/h1-2,7H,3-6H2,(H,17,21)(H,19,20). The number of rotatable bonds is 2. The number of benzene rings is 1. The highest BCUT2D eigenvalue weighted by Crippen LogP contribution is 2.36. The quantitative estimate of drug-likeness (QED) is 0.741. The Kier molecular flexibility index (Phi) is 5.35. The maximum Gasteiger partial charge on any atom is 0.321 e. The molecule has 0 aromatic heterocycles. The van der Waals surface area contributed by atoms with E-state index in [9.17, 15) is 9.59 Å². The number of nitrogens with zero attached hydrogens (tertiary/aromatic N) is 1. The fraction of sp³-hybridized carbons (Fsp3) is 0.385. The largest absolute Gasteiger partial charge is 0.481 e. The number of hydrogen-bond donors (Lipinski definition) is 2. The number of halogens is 3. The number of hydrogen-bond acceptors (Lipinski definition) is 2. The summed E-state index contributed by atoms with van der Waals surface area (Å²) in [7, 11) is 0. The second-order valence-corrected chi connectivity index (χ2v) is 6.36. The van der Waals surface area contributed by atoms with Crippen LogP contribution in [0.15, 0.2) is 16.6 Å². The molecule has 0 unspecified atom stereocenters. The van der Waals surface area contributed by atoms with Crippen LogP contribution in [0, 0.1) is 5.92 Å². The number of anilines is 1. The van der Waals surface area contributed by atoms with E-state index in [-0.39, 0.29) is 17.0 Å². The summed E-state index contributed by atoms with van der Waals surface area (Å²) in [5.41, 5.74) is 0.426. The first-order valence-corrected chi connectivity index (χ1v) is 7.87. The van der Waals surface area contributed by atoms with E-state index in [1.54, 1.807) is 17.0 Å². The van der Waals surface area contributed by atoms with Crippen molar-refractivity contribution in [3.05, 3.63) is 26.7 Å². The van der Waals surface area contributed by atoms with Crippen LogP contribution < -0.4 is 5.32 Å². The number of carboxylic acids is 1. The van der Waals surface area contributed by atoms with E-state index in [0.29, 0.717) is 41.1 Å². The Bertz CT molecular complexity index is 575. The van der Waals surface area contributed by atoms with Gasteiger partial charge in [-0.25, -0.2) is 4.79 Å². The summed E-state index contributed by atoms with van der Waals surface area (Å²) in [6.45, 7) is 0.815. The van der Waals surface area contributed by atoms with Gasteiger partial charge in [0.15, 0.2) is 0 Å². The molecule has 0 aliphatic carbocycles. The lowest BCUT2D eigenvalue weighted by Crippen LogP contribution is -2.42. The first kappa shape index (κ1) is 16.4. The van der Waals surface area contributed by atoms with Crippen molar-refractivity contribution < 1.29 is 14.7 Å².